The summed E-state index contributed by atoms with van der Waals surface area (Å²) in [4.78, 5) is 0.00342. The van der Waals surface area contributed by atoms with Gasteiger partial charge in [-0.2, -0.15) is 0 Å². The van der Waals surface area contributed by atoms with Crippen molar-refractivity contribution in [2.24, 2.45) is 0 Å². The van der Waals surface area contributed by atoms with Crippen molar-refractivity contribution in [3.05, 3.63) is 71.1 Å². The summed E-state index contributed by atoms with van der Waals surface area (Å²) in [6, 6.07) is 13.5. The van der Waals surface area contributed by atoms with Crippen LogP contribution in [0.5, 0.6) is 28.7 Å². The Balaban J connectivity index is 1.88. The van der Waals surface area contributed by atoms with Gasteiger partial charge < -0.3 is 23.7 Å². The molecule has 1 N–H and O–H groups in total. The normalized spacial score (nSPS) is 11.7. The summed E-state index contributed by atoms with van der Waals surface area (Å²) in [6.45, 7) is 0. The highest BCUT2D eigenvalue weighted by Crippen LogP contribution is 2.35. The second-order valence-electron chi connectivity index (χ2n) is 7.87. The summed E-state index contributed by atoms with van der Waals surface area (Å²) in [5.74, 6) is 1.56. The quantitative estimate of drug-likeness (QED) is 0.346. The van der Waals surface area contributed by atoms with Crippen LogP contribution in [0.25, 0.3) is 6.08 Å². The molecule has 0 spiro atoms. The van der Waals surface area contributed by atoms with E-state index >= 15 is 0 Å². The lowest BCUT2D eigenvalue weighted by Crippen LogP contribution is -2.14. The summed E-state index contributed by atoms with van der Waals surface area (Å²) in [5.41, 5.74) is 0.858. The van der Waals surface area contributed by atoms with Crippen molar-refractivity contribution >= 4 is 31.6 Å². The fourth-order valence-electron chi connectivity index (χ4n) is 3.53. The number of sulfonamides is 1. The van der Waals surface area contributed by atoms with E-state index in [0.29, 0.717) is 34.1 Å². The molecule has 0 aliphatic carbocycles. The van der Waals surface area contributed by atoms with Crippen LogP contribution in [-0.2, 0) is 25.6 Å². The van der Waals surface area contributed by atoms with Gasteiger partial charge in [0, 0.05) is 17.5 Å². The summed E-state index contributed by atoms with van der Waals surface area (Å²) in [7, 11) is -0.522. The summed E-state index contributed by atoms with van der Waals surface area (Å²) >= 11 is 0. The minimum atomic E-state index is -3.99. The van der Waals surface area contributed by atoms with Crippen LogP contribution in [0.4, 0.5) is 5.69 Å². The van der Waals surface area contributed by atoms with Crippen LogP contribution >= 0.6 is 0 Å². The third-order valence-corrected chi connectivity index (χ3v) is 8.11. The van der Waals surface area contributed by atoms with Gasteiger partial charge in [0.1, 0.15) is 28.7 Å². The maximum atomic E-state index is 13.0. The van der Waals surface area contributed by atoms with Crippen LogP contribution in [0.15, 0.2) is 64.9 Å². The maximum absolute atomic E-state index is 13.0. The molecule has 38 heavy (non-hydrogen) atoms. The molecule has 0 saturated carbocycles. The second-order valence-corrected chi connectivity index (χ2v) is 11.4. The van der Waals surface area contributed by atoms with E-state index in [0.717, 1.165) is 5.41 Å². The predicted molar refractivity (Wildman–Crippen MR) is 145 cm³/mol. The van der Waals surface area contributed by atoms with E-state index in [9.17, 15) is 16.8 Å². The van der Waals surface area contributed by atoms with Crippen LogP contribution in [0.1, 0.15) is 11.1 Å². The zero-order chi connectivity index (χ0) is 27.9. The van der Waals surface area contributed by atoms with Gasteiger partial charge >= 0.3 is 0 Å². The van der Waals surface area contributed by atoms with Gasteiger partial charge in [0.05, 0.1) is 57.4 Å². The number of benzene rings is 3. The number of anilines is 1. The highest BCUT2D eigenvalue weighted by atomic mass is 32.2. The third kappa shape index (κ3) is 6.90. The lowest BCUT2D eigenvalue weighted by atomic mass is 10.1. The first-order valence-corrected chi connectivity index (χ1v) is 14.3. The minimum Gasteiger partial charge on any atom is -0.497 e. The first kappa shape index (κ1) is 28.7. The Hall–Kier alpha value is -3.90. The topological polar surface area (TPSA) is 126 Å². The van der Waals surface area contributed by atoms with Crippen molar-refractivity contribution in [2.75, 3.05) is 40.3 Å². The van der Waals surface area contributed by atoms with Crippen molar-refractivity contribution in [1.29, 1.82) is 0 Å². The maximum Gasteiger partial charge on any atom is 0.262 e. The predicted octanol–water partition coefficient (Wildman–Crippen LogP) is 4.12. The third-order valence-electron chi connectivity index (χ3n) is 5.44. The lowest BCUT2D eigenvalue weighted by molar-refractivity contribution is 0.374. The molecular weight excluding hydrogens is 534 g/mol. The number of ether oxygens (including phenoxy) is 5. The van der Waals surface area contributed by atoms with Gasteiger partial charge in [-0.1, -0.05) is 6.07 Å². The molecule has 0 aliphatic heterocycles. The van der Waals surface area contributed by atoms with Gasteiger partial charge in [-0.25, -0.2) is 16.8 Å². The number of methoxy groups -OCH3 is 5. The molecule has 12 heteroatoms. The van der Waals surface area contributed by atoms with E-state index < -0.39 is 25.6 Å². The molecule has 3 aromatic rings. The molecule has 0 saturated heterocycles. The fourth-order valence-corrected chi connectivity index (χ4v) is 5.68. The zero-order valence-electron chi connectivity index (χ0n) is 21.5. The largest absolute Gasteiger partial charge is 0.497 e. The molecule has 0 bridgehead atoms. The summed E-state index contributed by atoms with van der Waals surface area (Å²) in [5, 5.41) is 1.05. The van der Waals surface area contributed by atoms with Crippen molar-refractivity contribution in [3.63, 3.8) is 0 Å². The molecule has 3 aromatic carbocycles. The molecule has 3 rings (SSSR count). The number of hydrogen-bond acceptors (Lipinski definition) is 9. The minimum absolute atomic E-state index is 0.00342. The monoisotopic (exact) mass is 563 g/mol. The van der Waals surface area contributed by atoms with Crippen LogP contribution in [0.2, 0.25) is 0 Å². The van der Waals surface area contributed by atoms with Crippen LogP contribution in [0.3, 0.4) is 0 Å². The Morgan fingerprint density at radius 2 is 1.26 bits per heavy atom. The van der Waals surface area contributed by atoms with Gasteiger partial charge in [0.25, 0.3) is 10.0 Å². The molecule has 0 fully saturated rings. The van der Waals surface area contributed by atoms with Crippen molar-refractivity contribution in [2.45, 2.75) is 10.6 Å². The summed E-state index contributed by atoms with van der Waals surface area (Å²) < 4.78 is 80.5. The van der Waals surface area contributed by atoms with Gasteiger partial charge in [0.2, 0.25) is 0 Å². The highest BCUT2D eigenvalue weighted by Gasteiger charge is 2.19. The van der Waals surface area contributed by atoms with Gasteiger partial charge in [-0.3, -0.25) is 4.72 Å². The Bertz CT molecular complexity index is 1490. The number of sulfone groups is 1. The first-order valence-electron chi connectivity index (χ1n) is 11.1. The van der Waals surface area contributed by atoms with Gasteiger partial charge in [-0.15, -0.1) is 0 Å². The Kier molecular flexibility index (Phi) is 9.13. The number of hydrogen-bond donors (Lipinski definition) is 1. The molecule has 10 nitrogen and oxygen atoms in total. The molecule has 0 atom stereocenters. The van der Waals surface area contributed by atoms with E-state index in [4.69, 9.17) is 23.7 Å². The van der Waals surface area contributed by atoms with Crippen LogP contribution in [0, 0.1) is 0 Å². The van der Waals surface area contributed by atoms with E-state index in [2.05, 4.69) is 4.72 Å². The van der Waals surface area contributed by atoms with E-state index in [-0.39, 0.29) is 16.3 Å². The molecule has 0 heterocycles. The average Bonchev–Trinajstić information content (AvgIpc) is 2.91. The Morgan fingerprint density at radius 3 is 1.79 bits per heavy atom. The molecular formula is C26H29NO9S2. The number of rotatable bonds is 12. The Morgan fingerprint density at radius 1 is 0.684 bits per heavy atom. The highest BCUT2D eigenvalue weighted by molar-refractivity contribution is 7.93. The van der Waals surface area contributed by atoms with Crippen LogP contribution in [-0.4, -0.2) is 52.4 Å². The second kappa shape index (κ2) is 12.1. The molecule has 0 aliphatic rings. The lowest BCUT2D eigenvalue weighted by Gasteiger charge is -2.14. The first-order chi connectivity index (χ1) is 18.0. The number of nitrogens with one attached hydrogen (secondary N) is 1. The summed E-state index contributed by atoms with van der Waals surface area (Å²) in [6.07, 6.45) is 1.38. The van der Waals surface area contributed by atoms with Gasteiger partial charge in [0.15, 0.2) is 9.84 Å². The van der Waals surface area contributed by atoms with Gasteiger partial charge in [-0.05, 0) is 48.0 Å². The molecule has 204 valence electrons. The van der Waals surface area contributed by atoms with Crippen LogP contribution < -0.4 is 28.4 Å². The van der Waals surface area contributed by atoms with Crippen molar-refractivity contribution in [1.82, 2.24) is 0 Å². The van der Waals surface area contributed by atoms with E-state index in [1.165, 1.54) is 78.0 Å². The SMILES string of the molecule is COc1ccc(S(=O)(=O)Nc2cc(CS(=O)(=O)/C=C/c3c(OC)cc(OC)cc3OC)ccc2OC)cc1. The van der Waals surface area contributed by atoms with E-state index in [1.54, 1.807) is 18.2 Å². The molecule has 0 aromatic heterocycles. The van der Waals surface area contributed by atoms with E-state index in [1.807, 2.05) is 0 Å². The fraction of sp³-hybridized carbons (Fsp3) is 0.231. The average molecular weight is 564 g/mol. The smallest absolute Gasteiger partial charge is 0.262 e. The Labute approximate surface area is 222 Å². The zero-order valence-corrected chi connectivity index (χ0v) is 23.2. The van der Waals surface area contributed by atoms with Crippen molar-refractivity contribution < 1.29 is 40.5 Å². The van der Waals surface area contributed by atoms with Crippen molar-refractivity contribution in [3.8, 4) is 28.7 Å². The molecule has 0 unspecified atom stereocenters. The standard InChI is InChI=1S/C26H29NO9S2/c1-32-19-7-9-21(10-8-19)38(30,31)27-23-14-18(6-11-24(23)34-3)17-37(28,29)13-12-22-25(35-4)15-20(33-2)16-26(22)36-5/h6-16,27H,17H2,1-5H3/b13-12+. The molecule has 0 radical (unpaired) electrons. The molecule has 0 amide bonds.